The van der Waals surface area contributed by atoms with E-state index in [0.29, 0.717) is 6.04 Å². The predicted molar refractivity (Wildman–Crippen MR) is 97.1 cm³/mol. The molecular weight excluding hydrogens is 274 g/mol. The number of hydrogen-bond acceptors (Lipinski definition) is 2. The smallest absolute Gasteiger partial charge is 0.0417 e. The second-order valence-electron chi connectivity index (χ2n) is 5.73. The summed E-state index contributed by atoms with van der Waals surface area (Å²) in [6.45, 7) is 7.82. The Morgan fingerprint density at radius 3 is 2.52 bits per heavy atom. The Balaban J connectivity index is 2.16. The third-order valence-corrected chi connectivity index (χ3v) is 5.41. The van der Waals surface area contributed by atoms with Crippen LogP contribution in [0.1, 0.15) is 38.8 Å². The molecule has 0 radical (unpaired) electrons. The van der Waals surface area contributed by atoms with Gasteiger partial charge in [-0.15, -0.1) is 0 Å². The van der Waals surface area contributed by atoms with Gasteiger partial charge in [0.05, 0.1) is 0 Å². The van der Waals surface area contributed by atoms with Crippen LogP contribution in [0.5, 0.6) is 0 Å². The number of hydrogen-bond donors (Lipinski definition) is 1. The minimum absolute atomic E-state index is 0.440. The van der Waals surface area contributed by atoms with E-state index in [2.05, 4.69) is 80.3 Å². The van der Waals surface area contributed by atoms with Crippen molar-refractivity contribution in [3.8, 4) is 0 Å². The summed E-state index contributed by atoms with van der Waals surface area (Å²) in [6.07, 6.45) is 1.27. The first-order valence-electron chi connectivity index (χ1n) is 8.05. The van der Waals surface area contributed by atoms with Gasteiger partial charge in [-0.05, 0) is 34.6 Å². The van der Waals surface area contributed by atoms with E-state index in [-0.39, 0.29) is 0 Å². The first-order valence-corrected chi connectivity index (χ1v) is 9.20. The van der Waals surface area contributed by atoms with E-state index in [1.54, 1.807) is 0 Å². The Morgan fingerprint density at radius 1 is 1.00 bits per heavy atom. The van der Waals surface area contributed by atoms with Crippen molar-refractivity contribution in [2.45, 2.75) is 33.2 Å². The van der Waals surface area contributed by atoms with Crippen LogP contribution in [0.2, 0.25) is 0 Å². The minimum Gasteiger partial charge on any atom is -0.309 e. The SMILES string of the molecule is CCNC(CSCC(C)CC)c1cccc2ccccc12. The molecule has 2 rings (SSSR count). The summed E-state index contributed by atoms with van der Waals surface area (Å²) in [5.41, 5.74) is 1.44. The van der Waals surface area contributed by atoms with Crippen LogP contribution < -0.4 is 5.32 Å². The molecule has 2 atom stereocenters. The molecule has 0 amide bonds. The Kier molecular flexibility index (Phi) is 6.59. The van der Waals surface area contributed by atoms with E-state index < -0.39 is 0 Å². The summed E-state index contributed by atoms with van der Waals surface area (Å²) >= 11 is 2.07. The van der Waals surface area contributed by atoms with Crippen molar-refractivity contribution in [2.75, 3.05) is 18.1 Å². The molecule has 0 saturated carbocycles. The molecule has 0 heterocycles. The number of rotatable bonds is 8. The topological polar surface area (TPSA) is 12.0 Å². The second kappa shape index (κ2) is 8.45. The third-order valence-electron chi connectivity index (χ3n) is 4.03. The van der Waals surface area contributed by atoms with Gasteiger partial charge in [0, 0.05) is 11.8 Å². The molecule has 2 aromatic carbocycles. The number of fused-ring (bicyclic) bond motifs is 1. The molecule has 0 spiro atoms. The predicted octanol–water partition coefficient (Wildman–Crippen LogP) is 5.27. The van der Waals surface area contributed by atoms with E-state index >= 15 is 0 Å². The highest BCUT2D eigenvalue weighted by molar-refractivity contribution is 7.99. The Morgan fingerprint density at radius 2 is 1.76 bits per heavy atom. The van der Waals surface area contributed by atoms with Crippen molar-refractivity contribution < 1.29 is 0 Å². The van der Waals surface area contributed by atoms with Gasteiger partial charge in [-0.3, -0.25) is 0 Å². The van der Waals surface area contributed by atoms with E-state index in [1.807, 2.05) is 0 Å². The van der Waals surface area contributed by atoms with Gasteiger partial charge in [0.1, 0.15) is 0 Å². The van der Waals surface area contributed by atoms with E-state index in [1.165, 1.54) is 28.5 Å². The maximum Gasteiger partial charge on any atom is 0.0417 e. The highest BCUT2D eigenvalue weighted by Gasteiger charge is 2.13. The summed E-state index contributed by atoms with van der Waals surface area (Å²) in [5.74, 6) is 3.21. The van der Waals surface area contributed by atoms with E-state index in [0.717, 1.165) is 18.2 Å². The van der Waals surface area contributed by atoms with Gasteiger partial charge in [0.2, 0.25) is 0 Å². The molecule has 0 fully saturated rings. The highest BCUT2D eigenvalue weighted by atomic mass is 32.2. The quantitative estimate of drug-likeness (QED) is 0.713. The fourth-order valence-electron chi connectivity index (χ4n) is 2.56. The Labute approximate surface area is 133 Å². The van der Waals surface area contributed by atoms with Gasteiger partial charge in [-0.1, -0.05) is 69.7 Å². The molecule has 1 nitrogen and oxygen atoms in total. The molecule has 1 N–H and O–H groups in total. The lowest BCUT2D eigenvalue weighted by Gasteiger charge is -2.21. The van der Waals surface area contributed by atoms with E-state index in [4.69, 9.17) is 0 Å². The monoisotopic (exact) mass is 301 g/mol. The van der Waals surface area contributed by atoms with Crippen molar-refractivity contribution in [2.24, 2.45) is 5.92 Å². The highest BCUT2D eigenvalue weighted by Crippen LogP contribution is 2.27. The van der Waals surface area contributed by atoms with Crippen molar-refractivity contribution in [1.29, 1.82) is 0 Å². The maximum atomic E-state index is 3.66. The van der Waals surface area contributed by atoms with Gasteiger partial charge < -0.3 is 5.32 Å². The largest absolute Gasteiger partial charge is 0.309 e. The van der Waals surface area contributed by atoms with Crippen molar-refractivity contribution in [3.63, 3.8) is 0 Å². The van der Waals surface area contributed by atoms with Gasteiger partial charge in [-0.25, -0.2) is 0 Å². The first-order chi connectivity index (χ1) is 10.3. The van der Waals surface area contributed by atoms with Crippen molar-refractivity contribution in [3.05, 3.63) is 48.0 Å². The van der Waals surface area contributed by atoms with Gasteiger partial charge in [0.15, 0.2) is 0 Å². The summed E-state index contributed by atoms with van der Waals surface area (Å²) in [7, 11) is 0. The second-order valence-corrected chi connectivity index (χ2v) is 6.80. The van der Waals surface area contributed by atoms with Crippen LogP contribution in [0.15, 0.2) is 42.5 Å². The first kappa shape index (κ1) is 16.4. The molecule has 0 aliphatic carbocycles. The molecule has 0 saturated heterocycles. The van der Waals surface area contributed by atoms with Crippen LogP contribution in [-0.2, 0) is 0 Å². The summed E-state index contributed by atoms with van der Waals surface area (Å²) in [5, 5.41) is 6.38. The Bertz CT molecular complexity index is 547. The number of thioether (sulfide) groups is 1. The molecule has 0 bridgehead atoms. The summed E-state index contributed by atoms with van der Waals surface area (Å²) < 4.78 is 0. The average Bonchev–Trinajstić information content (AvgIpc) is 2.53. The molecule has 0 aliphatic rings. The average molecular weight is 301 g/mol. The lowest BCUT2D eigenvalue weighted by atomic mass is 9.99. The van der Waals surface area contributed by atoms with Crippen LogP contribution in [0.25, 0.3) is 10.8 Å². The minimum atomic E-state index is 0.440. The molecule has 2 aromatic rings. The lowest BCUT2D eigenvalue weighted by molar-refractivity contribution is 0.604. The molecule has 114 valence electrons. The van der Waals surface area contributed by atoms with Crippen LogP contribution >= 0.6 is 11.8 Å². The normalized spacial score (nSPS) is 14.2. The van der Waals surface area contributed by atoms with Crippen LogP contribution in [0.3, 0.4) is 0 Å². The Hall–Kier alpha value is -0.990. The zero-order valence-corrected chi connectivity index (χ0v) is 14.2. The summed E-state index contributed by atoms with van der Waals surface area (Å²) in [6, 6.07) is 15.8. The zero-order chi connectivity index (χ0) is 15.1. The molecule has 0 aromatic heterocycles. The molecule has 2 unspecified atom stereocenters. The van der Waals surface area contributed by atoms with Crippen LogP contribution in [-0.4, -0.2) is 18.1 Å². The van der Waals surface area contributed by atoms with Gasteiger partial charge in [0.25, 0.3) is 0 Å². The van der Waals surface area contributed by atoms with E-state index in [9.17, 15) is 0 Å². The molecule has 2 heteroatoms. The number of nitrogens with one attached hydrogen (secondary N) is 1. The number of benzene rings is 2. The standard InChI is InChI=1S/C19H27NS/c1-4-15(3)13-21-14-19(20-5-2)18-12-8-10-16-9-6-7-11-17(16)18/h6-12,15,19-20H,4-5,13-14H2,1-3H3. The molecular formula is C19H27NS. The van der Waals surface area contributed by atoms with Crippen molar-refractivity contribution in [1.82, 2.24) is 5.32 Å². The molecule has 21 heavy (non-hydrogen) atoms. The van der Waals surface area contributed by atoms with Crippen molar-refractivity contribution >= 4 is 22.5 Å². The fraction of sp³-hybridized carbons (Fsp3) is 0.474. The van der Waals surface area contributed by atoms with Gasteiger partial charge in [-0.2, -0.15) is 11.8 Å². The maximum absolute atomic E-state index is 3.66. The summed E-state index contributed by atoms with van der Waals surface area (Å²) in [4.78, 5) is 0. The van der Waals surface area contributed by atoms with Crippen LogP contribution in [0, 0.1) is 5.92 Å². The van der Waals surface area contributed by atoms with Gasteiger partial charge >= 0.3 is 0 Å². The third kappa shape index (κ3) is 4.49. The van der Waals surface area contributed by atoms with Crippen LogP contribution in [0.4, 0.5) is 0 Å². The fourth-order valence-corrected chi connectivity index (χ4v) is 3.87. The lowest BCUT2D eigenvalue weighted by Crippen LogP contribution is -2.23. The molecule has 0 aliphatic heterocycles. The zero-order valence-electron chi connectivity index (χ0n) is 13.4.